The number of hydrogen-bond donors (Lipinski definition) is 1. The molecule has 3 heteroatoms. The van der Waals surface area contributed by atoms with Crippen molar-refractivity contribution in [2.45, 2.75) is 19.8 Å². The summed E-state index contributed by atoms with van der Waals surface area (Å²) in [6.45, 7) is 4.77. The molecule has 3 rings (SSSR count). The Morgan fingerprint density at radius 2 is 1.88 bits per heavy atom. The van der Waals surface area contributed by atoms with Gasteiger partial charge in [0.1, 0.15) is 0 Å². The number of benzene rings is 1. The smallest absolute Gasteiger partial charge is 0.231 e. The average Bonchev–Trinajstić information content (AvgIpc) is 2.78. The molecule has 90 valence electrons. The molecule has 1 heterocycles. The van der Waals surface area contributed by atoms with Crippen molar-refractivity contribution >= 4 is 6.08 Å². The second kappa shape index (κ2) is 3.77. The lowest BCUT2D eigenvalue weighted by atomic mass is 9.77. The molecule has 2 atom stereocenters. The molecule has 1 aliphatic carbocycles. The molecule has 0 bridgehead atoms. The normalized spacial score (nSPS) is 25.5. The van der Waals surface area contributed by atoms with Crippen molar-refractivity contribution < 1.29 is 14.6 Å². The molecule has 2 aliphatic rings. The van der Waals surface area contributed by atoms with Crippen molar-refractivity contribution in [3.05, 3.63) is 28.8 Å². The fourth-order valence-corrected chi connectivity index (χ4v) is 2.60. The Balaban J connectivity index is 2.14. The zero-order valence-electron chi connectivity index (χ0n) is 10.1. The predicted molar refractivity (Wildman–Crippen MR) is 65.2 cm³/mol. The predicted octanol–water partition coefficient (Wildman–Crippen LogP) is 2.54. The van der Waals surface area contributed by atoms with Crippen molar-refractivity contribution in [2.75, 3.05) is 13.4 Å². The van der Waals surface area contributed by atoms with Crippen molar-refractivity contribution in [3.8, 4) is 11.5 Å². The summed E-state index contributed by atoms with van der Waals surface area (Å²) >= 11 is 0. The highest BCUT2D eigenvalue weighted by Crippen LogP contribution is 2.43. The van der Waals surface area contributed by atoms with Crippen LogP contribution in [0.15, 0.2) is 17.7 Å². The fraction of sp³-hybridized carbons (Fsp3) is 0.429. The van der Waals surface area contributed by atoms with Crippen LogP contribution >= 0.6 is 0 Å². The fourth-order valence-electron chi connectivity index (χ4n) is 2.60. The Labute approximate surface area is 101 Å². The molecule has 1 aromatic carbocycles. The lowest BCUT2D eigenvalue weighted by molar-refractivity contribution is 0.174. The Morgan fingerprint density at radius 1 is 1.18 bits per heavy atom. The molecular formula is C14H16O3. The molecule has 0 radical (unpaired) electrons. The molecular weight excluding hydrogens is 216 g/mol. The van der Waals surface area contributed by atoms with Crippen LogP contribution in [0.4, 0.5) is 0 Å². The van der Waals surface area contributed by atoms with E-state index in [-0.39, 0.29) is 6.61 Å². The van der Waals surface area contributed by atoms with E-state index in [0.29, 0.717) is 18.6 Å². The molecule has 0 unspecified atom stereocenters. The van der Waals surface area contributed by atoms with Gasteiger partial charge in [-0.15, -0.1) is 0 Å². The zero-order valence-corrected chi connectivity index (χ0v) is 10.1. The lowest BCUT2D eigenvalue weighted by Gasteiger charge is -2.29. The highest BCUT2D eigenvalue weighted by atomic mass is 16.7. The second-order valence-corrected chi connectivity index (χ2v) is 4.79. The number of aliphatic hydroxyl groups is 1. The maximum Gasteiger partial charge on any atom is 0.231 e. The van der Waals surface area contributed by atoms with E-state index in [4.69, 9.17) is 9.47 Å². The minimum absolute atomic E-state index is 0.124. The van der Waals surface area contributed by atoms with Crippen LogP contribution in [0, 0.1) is 5.92 Å². The molecule has 1 N–H and O–H groups in total. The summed E-state index contributed by atoms with van der Waals surface area (Å²) in [5, 5.41) is 9.37. The summed E-state index contributed by atoms with van der Waals surface area (Å²) in [5.41, 5.74) is 3.51. The van der Waals surface area contributed by atoms with E-state index in [2.05, 4.69) is 26.0 Å². The van der Waals surface area contributed by atoms with E-state index in [1.54, 1.807) is 0 Å². The van der Waals surface area contributed by atoms with E-state index in [9.17, 15) is 5.11 Å². The van der Waals surface area contributed by atoms with E-state index in [0.717, 1.165) is 22.6 Å². The van der Waals surface area contributed by atoms with Crippen molar-refractivity contribution in [1.29, 1.82) is 0 Å². The number of rotatable bonds is 1. The van der Waals surface area contributed by atoms with Crippen LogP contribution < -0.4 is 9.47 Å². The Morgan fingerprint density at radius 3 is 2.59 bits per heavy atom. The van der Waals surface area contributed by atoms with Gasteiger partial charge >= 0.3 is 0 Å². The molecule has 0 aromatic heterocycles. The van der Waals surface area contributed by atoms with Gasteiger partial charge in [0.15, 0.2) is 11.5 Å². The van der Waals surface area contributed by atoms with Crippen LogP contribution in [-0.4, -0.2) is 18.5 Å². The largest absolute Gasteiger partial charge is 0.454 e. The standard InChI is InChI=1S/C14H16O3/c1-8-9(2)12-5-14-13(16-7-17-14)4-10(12)3-11(8)6-15/h3-5,8-9,15H,6-7H2,1-2H3/t8-,9-/m1/s1. The van der Waals surface area contributed by atoms with Crippen molar-refractivity contribution in [1.82, 2.24) is 0 Å². The molecule has 1 aromatic rings. The highest BCUT2D eigenvalue weighted by molar-refractivity contribution is 5.66. The number of aliphatic hydroxyl groups excluding tert-OH is 1. The molecule has 0 spiro atoms. The number of fused-ring (bicyclic) bond motifs is 2. The molecule has 3 nitrogen and oxygen atoms in total. The molecule has 1 aliphatic heterocycles. The van der Waals surface area contributed by atoms with Crippen LogP contribution in [0.25, 0.3) is 6.08 Å². The van der Waals surface area contributed by atoms with Crippen molar-refractivity contribution in [3.63, 3.8) is 0 Å². The van der Waals surface area contributed by atoms with Gasteiger partial charge in [0, 0.05) is 0 Å². The molecule has 0 fully saturated rings. The summed E-state index contributed by atoms with van der Waals surface area (Å²) in [7, 11) is 0. The van der Waals surface area contributed by atoms with Crippen LogP contribution in [0.2, 0.25) is 0 Å². The maximum atomic E-state index is 9.37. The molecule has 0 saturated carbocycles. The third-order valence-electron chi connectivity index (χ3n) is 3.93. The van der Waals surface area contributed by atoms with Crippen molar-refractivity contribution in [2.24, 2.45) is 5.92 Å². The van der Waals surface area contributed by atoms with Gasteiger partial charge in [-0.25, -0.2) is 0 Å². The number of hydrogen-bond acceptors (Lipinski definition) is 3. The Kier molecular flexibility index (Phi) is 2.37. The monoisotopic (exact) mass is 232 g/mol. The topological polar surface area (TPSA) is 38.7 Å². The van der Waals surface area contributed by atoms with Gasteiger partial charge in [0.25, 0.3) is 0 Å². The van der Waals surface area contributed by atoms with Gasteiger partial charge in [0.2, 0.25) is 6.79 Å². The summed E-state index contributed by atoms with van der Waals surface area (Å²) in [4.78, 5) is 0. The lowest BCUT2D eigenvalue weighted by Crippen LogP contribution is -2.16. The van der Waals surface area contributed by atoms with Crippen LogP contribution in [0.3, 0.4) is 0 Å². The number of ether oxygens (including phenoxy) is 2. The van der Waals surface area contributed by atoms with Crippen LogP contribution in [-0.2, 0) is 0 Å². The highest BCUT2D eigenvalue weighted by Gasteiger charge is 2.27. The third-order valence-corrected chi connectivity index (χ3v) is 3.93. The van der Waals surface area contributed by atoms with Gasteiger partial charge in [0.05, 0.1) is 6.61 Å². The molecule has 0 amide bonds. The SMILES string of the molecule is C[C@H]1C(CO)=Cc2cc3c(cc2[C@@H]1C)OCO3. The van der Waals surface area contributed by atoms with E-state index in [1.165, 1.54) is 5.56 Å². The first kappa shape index (κ1) is 10.7. The maximum absolute atomic E-state index is 9.37. The van der Waals surface area contributed by atoms with Crippen LogP contribution in [0.5, 0.6) is 11.5 Å². The van der Waals surface area contributed by atoms with Crippen LogP contribution in [0.1, 0.15) is 30.9 Å². The summed E-state index contributed by atoms with van der Waals surface area (Å²) in [5.74, 6) is 2.40. The van der Waals surface area contributed by atoms with E-state index < -0.39 is 0 Å². The first-order chi connectivity index (χ1) is 8.20. The Bertz CT molecular complexity index is 490. The van der Waals surface area contributed by atoms with E-state index >= 15 is 0 Å². The zero-order chi connectivity index (χ0) is 12.0. The Hall–Kier alpha value is -1.48. The minimum Gasteiger partial charge on any atom is -0.454 e. The quantitative estimate of drug-likeness (QED) is 0.808. The van der Waals surface area contributed by atoms with Gasteiger partial charge in [-0.1, -0.05) is 19.9 Å². The second-order valence-electron chi connectivity index (χ2n) is 4.79. The molecule has 17 heavy (non-hydrogen) atoms. The van der Waals surface area contributed by atoms with E-state index in [1.807, 2.05) is 6.07 Å². The minimum atomic E-state index is 0.124. The first-order valence-corrected chi connectivity index (χ1v) is 5.95. The third kappa shape index (κ3) is 1.53. The van der Waals surface area contributed by atoms with Gasteiger partial charge < -0.3 is 14.6 Å². The average molecular weight is 232 g/mol. The summed E-state index contributed by atoms with van der Waals surface area (Å²) < 4.78 is 10.8. The summed E-state index contributed by atoms with van der Waals surface area (Å²) in [6.07, 6.45) is 2.07. The molecule has 0 saturated heterocycles. The van der Waals surface area contributed by atoms with Gasteiger partial charge in [-0.2, -0.15) is 0 Å². The first-order valence-electron chi connectivity index (χ1n) is 5.95. The summed E-state index contributed by atoms with van der Waals surface area (Å²) in [6, 6.07) is 4.08. The van der Waals surface area contributed by atoms with Gasteiger partial charge in [-0.3, -0.25) is 0 Å². The van der Waals surface area contributed by atoms with Gasteiger partial charge in [-0.05, 0) is 40.7 Å².